The number of carbonyl (C=O) groups is 2. The molecule has 0 aliphatic rings. The highest BCUT2D eigenvalue weighted by atomic mass is 16.5. The van der Waals surface area contributed by atoms with Crippen molar-refractivity contribution in [3.05, 3.63) is 42.0 Å². The third-order valence-electron chi connectivity index (χ3n) is 1.99. The first kappa shape index (κ1) is 13.0. The molecule has 1 aromatic carbocycles. The number of esters is 2. The molecule has 4 heteroatoms. The normalized spacial score (nSPS) is 10.2. The van der Waals surface area contributed by atoms with Gasteiger partial charge in [-0.25, -0.2) is 4.79 Å². The van der Waals surface area contributed by atoms with Crippen LogP contribution in [0.4, 0.5) is 0 Å². The van der Waals surface area contributed by atoms with Gasteiger partial charge in [0.1, 0.15) is 6.61 Å². The molecule has 0 fully saturated rings. The van der Waals surface area contributed by atoms with Crippen molar-refractivity contribution >= 4 is 18.0 Å². The number of hydrogen-bond acceptors (Lipinski definition) is 4. The monoisotopic (exact) mass is 234 g/mol. The zero-order valence-electron chi connectivity index (χ0n) is 9.59. The Kier molecular flexibility index (Phi) is 5.51. The van der Waals surface area contributed by atoms with Crippen molar-refractivity contribution < 1.29 is 19.1 Å². The Morgan fingerprint density at radius 1 is 1.24 bits per heavy atom. The predicted molar refractivity (Wildman–Crippen MR) is 63.1 cm³/mol. The van der Waals surface area contributed by atoms with E-state index in [1.165, 1.54) is 13.2 Å². The van der Waals surface area contributed by atoms with E-state index in [9.17, 15) is 9.59 Å². The van der Waals surface area contributed by atoms with Gasteiger partial charge in [-0.15, -0.1) is 0 Å². The fourth-order valence-electron chi connectivity index (χ4n) is 1.11. The number of benzene rings is 1. The van der Waals surface area contributed by atoms with Crippen molar-refractivity contribution in [2.75, 3.05) is 13.7 Å². The lowest BCUT2D eigenvalue weighted by Gasteiger charge is -2.00. The fraction of sp³-hybridized carbons (Fsp3) is 0.231. The highest BCUT2D eigenvalue weighted by Gasteiger charge is 2.02. The number of methoxy groups -OCH3 is 1. The summed E-state index contributed by atoms with van der Waals surface area (Å²) in [5.74, 6) is -0.873. The largest absolute Gasteiger partial charge is 0.469 e. The third-order valence-corrected chi connectivity index (χ3v) is 1.99. The molecule has 0 saturated carbocycles. The summed E-state index contributed by atoms with van der Waals surface area (Å²) >= 11 is 0. The Labute approximate surface area is 99.8 Å². The van der Waals surface area contributed by atoms with Crippen LogP contribution in [0.25, 0.3) is 6.08 Å². The van der Waals surface area contributed by atoms with Gasteiger partial charge < -0.3 is 9.47 Å². The summed E-state index contributed by atoms with van der Waals surface area (Å²) in [6.07, 6.45) is 3.05. The Hall–Kier alpha value is -2.10. The zero-order chi connectivity index (χ0) is 12.5. The van der Waals surface area contributed by atoms with E-state index in [-0.39, 0.29) is 13.0 Å². The van der Waals surface area contributed by atoms with Crippen molar-refractivity contribution in [3.63, 3.8) is 0 Å². The number of rotatable bonds is 5. The Morgan fingerprint density at radius 2 is 1.94 bits per heavy atom. The topological polar surface area (TPSA) is 52.6 Å². The zero-order valence-corrected chi connectivity index (χ0v) is 9.59. The second-order valence-electron chi connectivity index (χ2n) is 3.24. The van der Waals surface area contributed by atoms with E-state index >= 15 is 0 Å². The smallest absolute Gasteiger partial charge is 0.330 e. The first-order valence-corrected chi connectivity index (χ1v) is 5.19. The first-order valence-electron chi connectivity index (χ1n) is 5.19. The van der Waals surface area contributed by atoms with E-state index in [1.54, 1.807) is 6.08 Å². The van der Waals surface area contributed by atoms with Crippen LogP contribution in [0.2, 0.25) is 0 Å². The molecule has 0 aliphatic heterocycles. The molecule has 0 spiro atoms. The minimum atomic E-state index is -0.474. The SMILES string of the molecule is COC(=O)CCOC(=O)/C=C/c1ccccc1. The van der Waals surface area contributed by atoms with Crippen LogP contribution in [-0.4, -0.2) is 25.7 Å². The molecule has 0 bridgehead atoms. The van der Waals surface area contributed by atoms with Crippen molar-refractivity contribution in [1.29, 1.82) is 0 Å². The standard InChI is InChI=1S/C13H14O4/c1-16-12(14)9-10-17-13(15)8-7-11-5-3-2-4-6-11/h2-8H,9-10H2,1H3/b8-7+. The molecule has 0 unspecified atom stereocenters. The van der Waals surface area contributed by atoms with Gasteiger partial charge in [-0.05, 0) is 11.6 Å². The molecular formula is C13H14O4. The Bertz CT molecular complexity index is 395. The van der Waals surface area contributed by atoms with E-state index in [2.05, 4.69) is 4.74 Å². The van der Waals surface area contributed by atoms with Gasteiger partial charge in [0.25, 0.3) is 0 Å². The fourth-order valence-corrected chi connectivity index (χ4v) is 1.11. The van der Waals surface area contributed by atoms with E-state index in [0.717, 1.165) is 5.56 Å². The van der Waals surface area contributed by atoms with E-state index in [4.69, 9.17) is 4.74 Å². The van der Waals surface area contributed by atoms with Crippen molar-refractivity contribution in [1.82, 2.24) is 0 Å². The van der Waals surface area contributed by atoms with Crippen LogP contribution >= 0.6 is 0 Å². The molecule has 0 aromatic heterocycles. The first-order chi connectivity index (χ1) is 8.22. The summed E-state index contributed by atoms with van der Waals surface area (Å²) in [6, 6.07) is 9.40. The summed E-state index contributed by atoms with van der Waals surface area (Å²) < 4.78 is 9.22. The van der Waals surface area contributed by atoms with Crippen molar-refractivity contribution in [2.24, 2.45) is 0 Å². The molecule has 0 aliphatic carbocycles. The Balaban J connectivity index is 2.30. The van der Waals surface area contributed by atoms with Gasteiger partial charge in [-0.2, -0.15) is 0 Å². The molecule has 0 N–H and O–H groups in total. The van der Waals surface area contributed by atoms with Crippen LogP contribution in [0, 0.1) is 0 Å². The lowest BCUT2D eigenvalue weighted by atomic mass is 10.2. The lowest BCUT2D eigenvalue weighted by molar-refractivity contribution is -0.144. The molecule has 0 atom stereocenters. The van der Waals surface area contributed by atoms with Gasteiger partial charge in [-0.1, -0.05) is 30.3 Å². The molecule has 1 rings (SSSR count). The number of carbonyl (C=O) groups excluding carboxylic acids is 2. The van der Waals surface area contributed by atoms with Crippen molar-refractivity contribution in [2.45, 2.75) is 6.42 Å². The van der Waals surface area contributed by atoms with Gasteiger partial charge in [0.05, 0.1) is 13.5 Å². The second kappa shape index (κ2) is 7.22. The molecule has 90 valence electrons. The maximum atomic E-state index is 11.2. The van der Waals surface area contributed by atoms with E-state index in [0.29, 0.717) is 0 Å². The van der Waals surface area contributed by atoms with Crippen LogP contribution < -0.4 is 0 Å². The molecule has 4 nitrogen and oxygen atoms in total. The minimum absolute atomic E-state index is 0.0324. The maximum absolute atomic E-state index is 11.2. The van der Waals surface area contributed by atoms with Crippen LogP contribution in [0.5, 0.6) is 0 Å². The van der Waals surface area contributed by atoms with Gasteiger partial charge in [0, 0.05) is 6.08 Å². The average molecular weight is 234 g/mol. The summed E-state index contributed by atoms with van der Waals surface area (Å²) in [4.78, 5) is 22.0. The predicted octanol–water partition coefficient (Wildman–Crippen LogP) is 1.81. The van der Waals surface area contributed by atoms with Crippen LogP contribution in [0.3, 0.4) is 0 Å². The van der Waals surface area contributed by atoms with Crippen molar-refractivity contribution in [3.8, 4) is 0 Å². The highest BCUT2D eigenvalue weighted by Crippen LogP contribution is 2.01. The van der Waals surface area contributed by atoms with Gasteiger partial charge >= 0.3 is 11.9 Å². The quantitative estimate of drug-likeness (QED) is 0.576. The third kappa shape index (κ3) is 5.51. The summed E-state index contributed by atoms with van der Waals surface area (Å²) in [6.45, 7) is 0.0324. The molecule has 0 amide bonds. The molecular weight excluding hydrogens is 220 g/mol. The maximum Gasteiger partial charge on any atom is 0.330 e. The summed E-state index contributed by atoms with van der Waals surface area (Å²) in [5, 5.41) is 0. The van der Waals surface area contributed by atoms with Crippen LogP contribution in [0.15, 0.2) is 36.4 Å². The summed E-state index contributed by atoms with van der Waals surface area (Å²) in [5.41, 5.74) is 0.914. The van der Waals surface area contributed by atoms with E-state index in [1.807, 2.05) is 30.3 Å². The number of ether oxygens (including phenoxy) is 2. The molecule has 0 radical (unpaired) electrons. The number of hydrogen-bond donors (Lipinski definition) is 0. The second-order valence-corrected chi connectivity index (χ2v) is 3.24. The van der Waals surface area contributed by atoms with Gasteiger partial charge in [0.15, 0.2) is 0 Å². The Morgan fingerprint density at radius 3 is 2.59 bits per heavy atom. The lowest BCUT2D eigenvalue weighted by Crippen LogP contribution is -2.08. The van der Waals surface area contributed by atoms with Gasteiger partial charge in [-0.3, -0.25) is 4.79 Å². The minimum Gasteiger partial charge on any atom is -0.469 e. The summed E-state index contributed by atoms with van der Waals surface area (Å²) in [7, 11) is 1.29. The van der Waals surface area contributed by atoms with E-state index < -0.39 is 11.9 Å². The molecule has 1 aromatic rings. The van der Waals surface area contributed by atoms with Gasteiger partial charge in [0.2, 0.25) is 0 Å². The van der Waals surface area contributed by atoms with Crippen LogP contribution in [-0.2, 0) is 19.1 Å². The average Bonchev–Trinajstić information content (AvgIpc) is 2.37. The molecule has 0 saturated heterocycles. The highest BCUT2D eigenvalue weighted by molar-refractivity contribution is 5.87. The van der Waals surface area contributed by atoms with Crippen LogP contribution in [0.1, 0.15) is 12.0 Å². The molecule has 17 heavy (non-hydrogen) atoms. The molecule has 0 heterocycles.